The largest absolute Gasteiger partial charge is 0.493 e. The molecule has 4 heterocycles. The van der Waals surface area contributed by atoms with Crippen LogP contribution < -0.4 is 15.0 Å². The highest BCUT2D eigenvalue weighted by Gasteiger charge is 2.35. The van der Waals surface area contributed by atoms with Crippen molar-refractivity contribution in [3.05, 3.63) is 94.2 Å². The normalized spacial score (nSPS) is 12.7. The molecule has 11 heteroatoms. The van der Waals surface area contributed by atoms with Gasteiger partial charge in [-0.2, -0.15) is 0 Å². The van der Waals surface area contributed by atoms with Crippen LogP contribution in [-0.2, 0) is 18.6 Å². The number of aromatic nitrogens is 6. The summed E-state index contributed by atoms with van der Waals surface area (Å²) in [6.45, 7) is 7.09. The molecule has 0 aliphatic heterocycles. The van der Waals surface area contributed by atoms with Gasteiger partial charge in [-0.1, -0.05) is 13.0 Å². The van der Waals surface area contributed by atoms with Gasteiger partial charge in [0.1, 0.15) is 11.8 Å². The first-order valence-corrected chi connectivity index (χ1v) is 13.1. The second-order valence-corrected chi connectivity index (χ2v) is 10.2. The van der Waals surface area contributed by atoms with Crippen molar-refractivity contribution >= 4 is 10.9 Å². The van der Waals surface area contributed by atoms with Gasteiger partial charge in [0.15, 0.2) is 17.3 Å². The lowest BCUT2D eigenvalue weighted by atomic mass is 9.98. The zero-order valence-electron chi connectivity index (χ0n) is 23.3. The molecule has 0 fully saturated rings. The summed E-state index contributed by atoms with van der Waals surface area (Å²) in [5, 5.41) is 13.7. The molecule has 0 saturated heterocycles. The summed E-state index contributed by atoms with van der Waals surface area (Å²) in [5.74, 6) is 2.38. The van der Waals surface area contributed by atoms with E-state index in [-0.39, 0.29) is 5.56 Å². The van der Waals surface area contributed by atoms with E-state index in [0.29, 0.717) is 41.5 Å². The minimum absolute atomic E-state index is 0.260. The summed E-state index contributed by atoms with van der Waals surface area (Å²) in [5.41, 5.74) is 1.42. The first kappa shape index (κ1) is 27.1. The highest BCUT2D eigenvalue weighted by molar-refractivity contribution is 5.83. The van der Waals surface area contributed by atoms with Gasteiger partial charge in [0.2, 0.25) is 0 Å². The van der Waals surface area contributed by atoms with Gasteiger partial charge in [0.25, 0.3) is 5.56 Å². The predicted molar refractivity (Wildman–Crippen MR) is 149 cm³/mol. The molecule has 5 rings (SSSR count). The second kappa shape index (κ2) is 11.3. The molecular weight excluding hydrogens is 510 g/mol. The van der Waals surface area contributed by atoms with Crippen molar-refractivity contribution in [3.63, 3.8) is 0 Å². The minimum Gasteiger partial charge on any atom is -0.493 e. The van der Waals surface area contributed by atoms with Crippen LogP contribution in [0.1, 0.15) is 55.9 Å². The maximum Gasteiger partial charge on any atom is 0.253 e. The molecule has 1 unspecified atom stereocenters. The molecule has 1 N–H and O–H groups in total. The molecule has 208 valence electrons. The number of fused-ring (bicyclic) bond motifs is 1. The number of benzene rings is 1. The third kappa shape index (κ3) is 5.32. The number of rotatable bonds is 11. The highest BCUT2D eigenvalue weighted by atomic mass is 16.5. The number of hydrogen-bond acceptors (Lipinski definition) is 9. The van der Waals surface area contributed by atoms with E-state index < -0.39 is 11.6 Å². The molecule has 0 amide bonds. The summed E-state index contributed by atoms with van der Waals surface area (Å²) in [7, 11) is 3.14. The van der Waals surface area contributed by atoms with E-state index in [1.54, 1.807) is 32.7 Å². The Labute approximate surface area is 231 Å². The average molecular weight is 544 g/mol. The van der Waals surface area contributed by atoms with E-state index in [9.17, 15) is 4.79 Å². The number of H-pyrrole nitrogens is 1. The number of aromatic amines is 1. The molecular formula is C29H33N7O4. The quantitative estimate of drug-likeness (QED) is 0.257. The average Bonchev–Trinajstić information content (AvgIpc) is 3.66. The molecule has 0 spiro atoms. The van der Waals surface area contributed by atoms with Gasteiger partial charge in [-0.15, -0.1) is 5.10 Å². The Bertz CT molecular complexity index is 1630. The van der Waals surface area contributed by atoms with Gasteiger partial charge < -0.3 is 18.9 Å². The highest BCUT2D eigenvalue weighted by Crippen LogP contribution is 2.35. The van der Waals surface area contributed by atoms with E-state index in [0.717, 1.165) is 23.1 Å². The Balaban J connectivity index is 1.74. The molecule has 11 nitrogen and oxygen atoms in total. The predicted octanol–water partition coefficient (Wildman–Crippen LogP) is 4.46. The van der Waals surface area contributed by atoms with E-state index in [1.165, 1.54) is 0 Å². The molecule has 0 aliphatic carbocycles. The van der Waals surface area contributed by atoms with Crippen LogP contribution in [0, 0.1) is 0 Å². The topological polar surface area (TPSA) is 124 Å². The van der Waals surface area contributed by atoms with Gasteiger partial charge >= 0.3 is 0 Å². The molecule has 0 aliphatic rings. The molecule has 0 radical (unpaired) electrons. The van der Waals surface area contributed by atoms with Crippen LogP contribution >= 0.6 is 0 Å². The van der Waals surface area contributed by atoms with Crippen LogP contribution in [0.25, 0.3) is 10.9 Å². The van der Waals surface area contributed by atoms with E-state index >= 15 is 0 Å². The van der Waals surface area contributed by atoms with E-state index in [4.69, 9.17) is 13.9 Å². The van der Waals surface area contributed by atoms with Crippen LogP contribution in [0.4, 0.5) is 0 Å². The van der Waals surface area contributed by atoms with Crippen molar-refractivity contribution in [2.45, 2.75) is 51.9 Å². The number of pyridine rings is 2. The lowest BCUT2D eigenvalue weighted by molar-refractivity contribution is 0.168. The molecule has 0 saturated carbocycles. The number of ether oxygens (including phenoxy) is 2. The monoisotopic (exact) mass is 543 g/mol. The fraction of sp³-hybridized carbons (Fsp3) is 0.345. The number of hydrogen-bond donors (Lipinski definition) is 1. The van der Waals surface area contributed by atoms with Crippen molar-refractivity contribution in [3.8, 4) is 11.5 Å². The van der Waals surface area contributed by atoms with Crippen molar-refractivity contribution in [1.82, 2.24) is 35.1 Å². The fourth-order valence-electron chi connectivity index (χ4n) is 4.76. The Morgan fingerprint density at radius 2 is 1.90 bits per heavy atom. The smallest absolute Gasteiger partial charge is 0.253 e. The first-order valence-electron chi connectivity index (χ1n) is 13.1. The minimum atomic E-state index is -0.632. The van der Waals surface area contributed by atoms with Gasteiger partial charge in [0, 0.05) is 36.0 Å². The molecule has 1 aromatic carbocycles. The van der Waals surface area contributed by atoms with Crippen molar-refractivity contribution < 1.29 is 13.9 Å². The van der Waals surface area contributed by atoms with Gasteiger partial charge in [-0.3, -0.25) is 14.7 Å². The summed E-state index contributed by atoms with van der Waals surface area (Å²) < 4.78 is 18.5. The standard InChI is InChI=1S/C29H33N7O4/c1-6-29(2,3)36-27(32-33-34-36)26(35(18-21-10-8-12-40-21)17-19-9-7-11-30-16-19)22-13-20-14-24(38-4)25(39-5)15-23(20)31-28(22)37/h7-16,26H,6,17-18H2,1-5H3,(H,31,37). The Hall–Kier alpha value is -4.51. The number of nitrogens with zero attached hydrogens (tertiary/aromatic N) is 6. The van der Waals surface area contributed by atoms with Gasteiger partial charge in [-0.25, -0.2) is 4.68 Å². The van der Waals surface area contributed by atoms with Crippen LogP contribution in [-0.4, -0.2) is 49.3 Å². The molecule has 5 aromatic rings. The lowest BCUT2D eigenvalue weighted by Gasteiger charge is -2.33. The Morgan fingerprint density at radius 1 is 1.10 bits per heavy atom. The van der Waals surface area contributed by atoms with E-state index in [2.05, 4.69) is 51.2 Å². The van der Waals surface area contributed by atoms with Gasteiger partial charge in [-0.05, 0) is 66.6 Å². The molecule has 0 bridgehead atoms. The summed E-state index contributed by atoms with van der Waals surface area (Å²) in [4.78, 5) is 23.3. The van der Waals surface area contributed by atoms with Crippen LogP contribution in [0.3, 0.4) is 0 Å². The van der Waals surface area contributed by atoms with Crippen LogP contribution in [0.2, 0.25) is 0 Å². The number of tetrazole rings is 1. The zero-order chi connectivity index (χ0) is 28.3. The van der Waals surface area contributed by atoms with Crippen molar-refractivity contribution in [2.24, 2.45) is 0 Å². The summed E-state index contributed by atoms with van der Waals surface area (Å²) >= 11 is 0. The molecule has 40 heavy (non-hydrogen) atoms. The lowest BCUT2D eigenvalue weighted by Crippen LogP contribution is -2.38. The Kier molecular flexibility index (Phi) is 7.65. The number of furan rings is 1. The van der Waals surface area contributed by atoms with Crippen LogP contribution in [0.5, 0.6) is 11.5 Å². The van der Waals surface area contributed by atoms with Gasteiger partial charge in [0.05, 0.1) is 38.1 Å². The summed E-state index contributed by atoms with van der Waals surface area (Å²) in [6.07, 6.45) is 5.97. The molecule has 4 aromatic heterocycles. The number of methoxy groups -OCH3 is 2. The summed E-state index contributed by atoms with van der Waals surface area (Å²) in [6, 6.07) is 12.5. The van der Waals surface area contributed by atoms with Crippen molar-refractivity contribution in [1.29, 1.82) is 0 Å². The Morgan fingerprint density at radius 3 is 2.58 bits per heavy atom. The molecule has 1 atom stereocenters. The third-order valence-corrected chi connectivity index (χ3v) is 7.26. The van der Waals surface area contributed by atoms with Crippen LogP contribution in [0.15, 0.2) is 70.3 Å². The maximum absolute atomic E-state index is 13.8. The first-order chi connectivity index (χ1) is 19.3. The third-order valence-electron chi connectivity index (χ3n) is 7.26. The zero-order valence-corrected chi connectivity index (χ0v) is 23.3. The fourth-order valence-corrected chi connectivity index (χ4v) is 4.76. The van der Waals surface area contributed by atoms with E-state index in [1.807, 2.05) is 47.3 Å². The second-order valence-electron chi connectivity index (χ2n) is 10.2. The number of nitrogens with one attached hydrogen (secondary N) is 1. The SMILES string of the molecule is CCC(C)(C)n1nnnc1C(c1cc2cc(OC)c(OC)cc2[nH]c1=O)N(Cc1cccnc1)Cc1ccco1. The van der Waals surface area contributed by atoms with Crippen molar-refractivity contribution in [2.75, 3.05) is 14.2 Å². The maximum atomic E-state index is 13.8.